The number of aliphatic hydroxyl groups is 1. The van der Waals surface area contributed by atoms with E-state index in [0.29, 0.717) is 50.0 Å². The molecule has 0 unspecified atom stereocenters. The molecule has 1 aromatic rings. The second kappa shape index (κ2) is 17.2. The lowest BCUT2D eigenvalue weighted by atomic mass is 9.82. The molecule has 4 atom stereocenters. The molecule has 0 heterocycles. The second-order valence-corrected chi connectivity index (χ2v) is 9.85. The summed E-state index contributed by atoms with van der Waals surface area (Å²) in [6.07, 6.45) is 2.40. The molecule has 0 fully saturated rings. The van der Waals surface area contributed by atoms with Crippen molar-refractivity contribution in [2.24, 2.45) is 29.2 Å². The molecule has 2 amide bonds. The first-order valence-electron chi connectivity index (χ1n) is 12.9. The van der Waals surface area contributed by atoms with E-state index in [0.717, 1.165) is 18.4 Å². The van der Waals surface area contributed by atoms with Crippen molar-refractivity contribution in [3.05, 3.63) is 23.8 Å². The van der Waals surface area contributed by atoms with Crippen LogP contribution in [0.5, 0.6) is 11.5 Å². The lowest BCUT2D eigenvalue weighted by Gasteiger charge is -2.28. The van der Waals surface area contributed by atoms with E-state index in [1.54, 1.807) is 21.1 Å². The number of rotatable bonds is 19. The van der Waals surface area contributed by atoms with Gasteiger partial charge in [0.15, 0.2) is 11.5 Å². The van der Waals surface area contributed by atoms with Crippen LogP contribution in [0, 0.1) is 17.8 Å². The SMILES string of the molecule is COCCCOc1cc(C[C@@H](C[C@H](N)[C@@H](O)C[C@@H](C)C(=O)NCCCC(N)=O)C(C)C)ccc1OC. The Morgan fingerprint density at radius 3 is 2.39 bits per heavy atom. The van der Waals surface area contributed by atoms with Crippen LogP contribution in [0.3, 0.4) is 0 Å². The molecule has 9 heteroatoms. The molecule has 9 nitrogen and oxygen atoms in total. The number of nitrogens with two attached hydrogens (primary N) is 2. The summed E-state index contributed by atoms with van der Waals surface area (Å²) in [7, 11) is 3.29. The molecule has 0 spiro atoms. The monoisotopic (exact) mass is 509 g/mol. The summed E-state index contributed by atoms with van der Waals surface area (Å²) < 4.78 is 16.4. The van der Waals surface area contributed by atoms with Gasteiger partial charge in [-0.2, -0.15) is 0 Å². The van der Waals surface area contributed by atoms with Gasteiger partial charge >= 0.3 is 0 Å². The summed E-state index contributed by atoms with van der Waals surface area (Å²) in [5, 5.41) is 13.5. The Labute approximate surface area is 216 Å². The molecule has 0 aliphatic rings. The number of aliphatic hydroxyl groups excluding tert-OH is 1. The van der Waals surface area contributed by atoms with Gasteiger partial charge in [-0.05, 0) is 55.2 Å². The molecule has 0 aromatic heterocycles. The van der Waals surface area contributed by atoms with Crippen molar-refractivity contribution in [2.75, 3.05) is 34.0 Å². The maximum Gasteiger partial charge on any atom is 0.222 e. The minimum atomic E-state index is -0.798. The molecular weight excluding hydrogens is 462 g/mol. The Morgan fingerprint density at radius 1 is 1.06 bits per heavy atom. The van der Waals surface area contributed by atoms with Gasteiger partial charge in [-0.1, -0.05) is 26.8 Å². The van der Waals surface area contributed by atoms with Crippen molar-refractivity contribution < 1.29 is 28.9 Å². The fraction of sp³-hybridized carbons (Fsp3) is 0.704. The topological polar surface area (TPSA) is 146 Å². The average Bonchev–Trinajstić information content (AvgIpc) is 2.83. The normalized spacial score (nSPS) is 14.7. The number of hydrogen-bond donors (Lipinski definition) is 4. The van der Waals surface area contributed by atoms with Gasteiger partial charge in [0.2, 0.25) is 11.8 Å². The van der Waals surface area contributed by atoms with Crippen LogP contribution in [-0.4, -0.2) is 63.0 Å². The molecule has 6 N–H and O–H groups in total. The first-order chi connectivity index (χ1) is 17.1. The number of methoxy groups -OCH3 is 2. The van der Waals surface area contributed by atoms with E-state index < -0.39 is 18.1 Å². The van der Waals surface area contributed by atoms with Gasteiger partial charge < -0.3 is 36.1 Å². The molecule has 0 saturated heterocycles. The van der Waals surface area contributed by atoms with Crippen LogP contribution in [-0.2, 0) is 20.7 Å². The number of hydrogen-bond acceptors (Lipinski definition) is 7. The van der Waals surface area contributed by atoms with E-state index in [-0.39, 0.29) is 30.6 Å². The van der Waals surface area contributed by atoms with Gasteiger partial charge in [0.1, 0.15) is 0 Å². The third-order valence-electron chi connectivity index (χ3n) is 6.43. The maximum atomic E-state index is 12.3. The Hall–Kier alpha value is -2.36. The van der Waals surface area contributed by atoms with Gasteiger partial charge in [0.25, 0.3) is 0 Å². The maximum absolute atomic E-state index is 12.3. The van der Waals surface area contributed by atoms with Crippen LogP contribution in [0.25, 0.3) is 0 Å². The molecule has 0 saturated carbocycles. The second-order valence-electron chi connectivity index (χ2n) is 9.85. The van der Waals surface area contributed by atoms with E-state index in [1.165, 1.54) is 0 Å². The third kappa shape index (κ3) is 12.1. The smallest absolute Gasteiger partial charge is 0.222 e. The van der Waals surface area contributed by atoms with Crippen LogP contribution in [0.15, 0.2) is 18.2 Å². The Kier molecular flexibility index (Phi) is 15.1. The Morgan fingerprint density at radius 2 is 1.78 bits per heavy atom. The highest BCUT2D eigenvalue weighted by Crippen LogP contribution is 2.31. The fourth-order valence-corrected chi connectivity index (χ4v) is 4.04. The highest BCUT2D eigenvalue weighted by molar-refractivity contribution is 5.78. The van der Waals surface area contributed by atoms with Crippen molar-refractivity contribution in [1.29, 1.82) is 0 Å². The summed E-state index contributed by atoms with van der Waals surface area (Å²) >= 11 is 0. The van der Waals surface area contributed by atoms with E-state index in [1.807, 2.05) is 18.2 Å². The molecule has 0 radical (unpaired) electrons. The first-order valence-corrected chi connectivity index (χ1v) is 12.9. The minimum absolute atomic E-state index is 0.164. The lowest BCUT2D eigenvalue weighted by molar-refractivity contribution is -0.126. The molecular formula is C27H47N3O6. The number of carbonyl (C=O) groups is 2. The summed E-state index contributed by atoms with van der Waals surface area (Å²) in [5.41, 5.74) is 12.6. The number of amides is 2. The van der Waals surface area contributed by atoms with Crippen LogP contribution in [0.2, 0.25) is 0 Å². The predicted molar refractivity (Wildman–Crippen MR) is 141 cm³/mol. The van der Waals surface area contributed by atoms with Crippen molar-refractivity contribution >= 4 is 11.8 Å². The van der Waals surface area contributed by atoms with Crippen LogP contribution in [0.4, 0.5) is 0 Å². The standard InChI is InChI=1S/C27H47N3O6/c1-18(2)21(15-20-9-10-24(35-5)25(16-20)36-13-7-12-34-4)17-22(28)23(31)14-19(3)27(33)30-11-6-8-26(29)32/h9-10,16,18-19,21-23,31H,6-8,11-15,17,28H2,1-5H3,(H2,29,32)(H,30,33)/t19-,21+,22+,23+/m1/s1. The van der Waals surface area contributed by atoms with Crippen LogP contribution < -0.4 is 26.3 Å². The summed E-state index contributed by atoms with van der Waals surface area (Å²) in [4.78, 5) is 23.1. The molecule has 0 bridgehead atoms. The van der Waals surface area contributed by atoms with Crippen molar-refractivity contribution in [3.8, 4) is 11.5 Å². The van der Waals surface area contributed by atoms with Crippen LogP contribution in [0.1, 0.15) is 58.4 Å². The zero-order valence-electron chi connectivity index (χ0n) is 22.6. The average molecular weight is 510 g/mol. The number of nitrogens with one attached hydrogen (secondary N) is 1. The Bertz CT molecular complexity index is 789. The number of benzene rings is 1. The van der Waals surface area contributed by atoms with Gasteiger partial charge in [-0.3, -0.25) is 9.59 Å². The summed E-state index contributed by atoms with van der Waals surface area (Å²) in [6.45, 7) is 7.62. The molecule has 1 rings (SSSR count). The van der Waals surface area contributed by atoms with Crippen molar-refractivity contribution in [3.63, 3.8) is 0 Å². The van der Waals surface area contributed by atoms with E-state index >= 15 is 0 Å². The number of carbonyl (C=O) groups excluding carboxylic acids is 2. The molecule has 206 valence electrons. The molecule has 36 heavy (non-hydrogen) atoms. The highest BCUT2D eigenvalue weighted by Gasteiger charge is 2.26. The van der Waals surface area contributed by atoms with Crippen molar-refractivity contribution in [1.82, 2.24) is 5.32 Å². The van der Waals surface area contributed by atoms with Gasteiger partial charge in [0, 0.05) is 45.1 Å². The molecule has 0 aliphatic heterocycles. The summed E-state index contributed by atoms with van der Waals surface area (Å²) in [5.74, 6) is 1.03. The Balaban J connectivity index is 2.68. The van der Waals surface area contributed by atoms with E-state index in [2.05, 4.69) is 19.2 Å². The van der Waals surface area contributed by atoms with E-state index in [4.69, 9.17) is 25.7 Å². The lowest BCUT2D eigenvalue weighted by Crippen LogP contribution is -2.41. The molecule has 0 aliphatic carbocycles. The van der Waals surface area contributed by atoms with Crippen molar-refractivity contribution in [2.45, 2.75) is 71.4 Å². The predicted octanol–water partition coefficient (Wildman–Crippen LogP) is 2.41. The van der Waals surface area contributed by atoms with E-state index in [9.17, 15) is 14.7 Å². The quantitative estimate of drug-likeness (QED) is 0.209. The number of ether oxygens (including phenoxy) is 3. The third-order valence-corrected chi connectivity index (χ3v) is 6.43. The zero-order valence-corrected chi connectivity index (χ0v) is 22.6. The van der Waals surface area contributed by atoms with Gasteiger partial charge in [-0.25, -0.2) is 0 Å². The summed E-state index contributed by atoms with van der Waals surface area (Å²) in [6, 6.07) is 5.50. The highest BCUT2D eigenvalue weighted by atomic mass is 16.5. The molecule has 1 aromatic carbocycles. The minimum Gasteiger partial charge on any atom is -0.493 e. The fourth-order valence-electron chi connectivity index (χ4n) is 4.04. The van der Waals surface area contributed by atoms with Gasteiger partial charge in [-0.15, -0.1) is 0 Å². The largest absolute Gasteiger partial charge is 0.493 e. The first kappa shape index (κ1) is 31.7. The van der Waals surface area contributed by atoms with Crippen LogP contribution >= 0.6 is 0 Å². The number of primary amides is 1. The van der Waals surface area contributed by atoms with Gasteiger partial charge in [0.05, 0.1) is 19.8 Å². The zero-order chi connectivity index (χ0) is 27.1.